The summed E-state index contributed by atoms with van der Waals surface area (Å²) in [5.74, 6) is 0.318. The predicted octanol–water partition coefficient (Wildman–Crippen LogP) is 2.96. The minimum atomic E-state index is -0.651. The van der Waals surface area contributed by atoms with Crippen LogP contribution in [0.3, 0.4) is 0 Å². The van der Waals surface area contributed by atoms with Gasteiger partial charge in [-0.1, -0.05) is 0 Å². The van der Waals surface area contributed by atoms with Crippen molar-refractivity contribution in [2.75, 3.05) is 21.3 Å². The van der Waals surface area contributed by atoms with E-state index in [-0.39, 0.29) is 29.9 Å². The van der Waals surface area contributed by atoms with Crippen molar-refractivity contribution >= 4 is 24.0 Å². The molecule has 0 atom stereocenters. The Kier molecular flexibility index (Phi) is 6.72. The van der Waals surface area contributed by atoms with Crippen LogP contribution in [-0.2, 0) is 16.1 Å². The zero-order chi connectivity index (χ0) is 23.4. The summed E-state index contributed by atoms with van der Waals surface area (Å²) in [6.45, 7) is 3.61. The molecule has 0 spiro atoms. The highest BCUT2D eigenvalue weighted by Crippen LogP contribution is 2.39. The number of nitrogens with one attached hydrogen (secondary N) is 1. The van der Waals surface area contributed by atoms with E-state index < -0.39 is 17.9 Å². The maximum Gasteiger partial charge on any atom is 0.373 e. The Morgan fingerprint density at radius 3 is 2.34 bits per heavy atom. The average molecular weight is 444 g/mol. The summed E-state index contributed by atoms with van der Waals surface area (Å²) >= 11 is 0. The molecule has 3 rings (SSSR count). The van der Waals surface area contributed by atoms with Crippen LogP contribution >= 0.6 is 0 Å². The molecular weight excluding hydrogens is 420 g/mol. The molecule has 2 aromatic rings. The fourth-order valence-corrected chi connectivity index (χ4v) is 3.05. The lowest BCUT2D eigenvalue weighted by Gasteiger charge is -2.17. The molecule has 10 nitrogen and oxygen atoms in total. The molecule has 0 aliphatic carbocycles. The van der Waals surface area contributed by atoms with Gasteiger partial charge in [0.25, 0.3) is 5.91 Å². The van der Waals surface area contributed by atoms with E-state index in [1.807, 2.05) is 13.8 Å². The fraction of sp³-hybridized carbons (Fsp3) is 0.318. The normalized spacial score (nSPS) is 14.7. The van der Waals surface area contributed by atoms with Crippen LogP contribution in [0.4, 0.5) is 4.79 Å². The third-order valence-corrected chi connectivity index (χ3v) is 4.47. The van der Waals surface area contributed by atoms with E-state index in [2.05, 4.69) is 10.1 Å². The first-order chi connectivity index (χ1) is 15.3. The first-order valence-electron chi connectivity index (χ1n) is 9.71. The second-order valence-electron chi connectivity index (χ2n) is 7.06. The zero-order valence-corrected chi connectivity index (χ0v) is 18.4. The zero-order valence-electron chi connectivity index (χ0n) is 18.4. The van der Waals surface area contributed by atoms with Crippen molar-refractivity contribution in [1.82, 2.24) is 10.2 Å². The Labute approximate surface area is 184 Å². The van der Waals surface area contributed by atoms with E-state index in [9.17, 15) is 14.4 Å². The van der Waals surface area contributed by atoms with Gasteiger partial charge in [-0.15, -0.1) is 0 Å². The van der Waals surface area contributed by atoms with Crippen molar-refractivity contribution < 1.29 is 37.7 Å². The van der Waals surface area contributed by atoms with Crippen molar-refractivity contribution in [1.29, 1.82) is 0 Å². The van der Waals surface area contributed by atoms with Crippen LogP contribution in [0.2, 0.25) is 0 Å². The van der Waals surface area contributed by atoms with Crippen molar-refractivity contribution in [2.45, 2.75) is 26.5 Å². The highest BCUT2D eigenvalue weighted by Gasteiger charge is 2.34. The minimum absolute atomic E-state index is 0.0202. The summed E-state index contributed by atoms with van der Waals surface area (Å²) in [7, 11) is 4.22. The van der Waals surface area contributed by atoms with Gasteiger partial charge in [0.05, 0.1) is 34.0 Å². The molecule has 0 unspecified atom stereocenters. The second kappa shape index (κ2) is 9.46. The van der Waals surface area contributed by atoms with Crippen LogP contribution in [0.25, 0.3) is 6.08 Å². The summed E-state index contributed by atoms with van der Waals surface area (Å²) in [5.41, 5.74) is 0.627. The monoisotopic (exact) mass is 444 g/mol. The number of ether oxygens (including phenoxy) is 4. The quantitative estimate of drug-likeness (QED) is 0.375. The van der Waals surface area contributed by atoms with Gasteiger partial charge in [0, 0.05) is 0 Å². The van der Waals surface area contributed by atoms with Gasteiger partial charge < -0.3 is 28.7 Å². The average Bonchev–Trinajstić information content (AvgIpc) is 3.34. The molecule has 10 heteroatoms. The van der Waals surface area contributed by atoms with E-state index in [0.29, 0.717) is 22.8 Å². The van der Waals surface area contributed by atoms with E-state index in [1.54, 1.807) is 12.1 Å². The van der Waals surface area contributed by atoms with Crippen LogP contribution in [0.5, 0.6) is 17.2 Å². The molecule has 170 valence electrons. The standard InChI is InChI=1S/C22H24N2O8/c1-12(2)31-19-17(28-3)9-13(10-18(19)29-4)8-15-20(25)24(22(27)23-15)11-14-6-7-16(32-14)21(26)30-5/h6-10,12H,11H2,1-5H3,(H,23,27). The smallest absolute Gasteiger partial charge is 0.373 e. The van der Waals surface area contributed by atoms with E-state index >= 15 is 0 Å². The number of imide groups is 1. The van der Waals surface area contributed by atoms with Gasteiger partial charge in [0.1, 0.15) is 11.5 Å². The minimum Gasteiger partial charge on any atom is -0.493 e. The number of carbonyl (C=O) groups excluding carboxylic acids is 3. The van der Waals surface area contributed by atoms with Crippen molar-refractivity contribution in [3.63, 3.8) is 0 Å². The Morgan fingerprint density at radius 1 is 1.12 bits per heavy atom. The number of furan rings is 1. The largest absolute Gasteiger partial charge is 0.493 e. The maximum atomic E-state index is 12.8. The van der Waals surface area contributed by atoms with Gasteiger partial charge >= 0.3 is 12.0 Å². The number of hydrogen-bond acceptors (Lipinski definition) is 8. The number of methoxy groups -OCH3 is 3. The lowest BCUT2D eigenvalue weighted by atomic mass is 10.1. The first kappa shape index (κ1) is 22.7. The number of carbonyl (C=O) groups is 3. The van der Waals surface area contributed by atoms with Gasteiger partial charge in [-0.3, -0.25) is 9.69 Å². The van der Waals surface area contributed by atoms with Crippen molar-refractivity contribution in [2.24, 2.45) is 0 Å². The number of esters is 1. The lowest BCUT2D eigenvalue weighted by molar-refractivity contribution is -0.123. The number of rotatable bonds is 8. The lowest BCUT2D eigenvalue weighted by Crippen LogP contribution is -2.30. The third-order valence-electron chi connectivity index (χ3n) is 4.47. The third kappa shape index (κ3) is 4.69. The van der Waals surface area contributed by atoms with Gasteiger partial charge in [-0.2, -0.15) is 0 Å². The molecule has 1 aliphatic heterocycles. The Morgan fingerprint density at radius 2 is 1.78 bits per heavy atom. The maximum absolute atomic E-state index is 12.8. The molecule has 1 fully saturated rings. The SMILES string of the molecule is COC(=O)c1ccc(CN2C(=O)NC(=Cc3cc(OC)c(OC(C)C)c(OC)c3)C2=O)o1. The summed E-state index contributed by atoms with van der Waals surface area (Å²) < 4.78 is 26.5. The molecule has 1 saturated heterocycles. The summed E-state index contributed by atoms with van der Waals surface area (Å²) in [6, 6.07) is 5.64. The Hall–Kier alpha value is -3.95. The first-order valence-corrected chi connectivity index (χ1v) is 9.71. The molecular formula is C22H24N2O8. The van der Waals surface area contributed by atoms with E-state index in [4.69, 9.17) is 18.6 Å². The van der Waals surface area contributed by atoms with Gasteiger partial charge in [-0.25, -0.2) is 9.59 Å². The number of benzene rings is 1. The molecule has 1 aromatic heterocycles. The van der Waals surface area contributed by atoms with E-state index in [0.717, 1.165) is 4.90 Å². The number of amides is 3. The topological polar surface area (TPSA) is 117 Å². The molecule has 2 heterocycles. The fourth-order valence-electron chi connectivity index (χ4n) is 3.05. The molecule has 3 amide bonds. The molecule has 1 aromatic carbocycles. The van der Waals surface area contributed by atoms with Gasteiger partial charge in [0.2, 0.25) is 11.5 Å². The highest BCUT2D eigenvalue weighted by atomic mass is 16.5. The Bertz CT molecular complexity index is 1040. The van der Waals surface area contributed by atoms with Gasteiger partial charge in [-0.05, 0) is 49.8 Å². The Balaban J connectivity index is 1.85. The predicted molar refractivity (Wildman–Crippen MR) is 112 cm³/mol. The highest BCUT2D eigenvalue weighted by molar-refractivity contribution is 6.13. The molecule has 1 N–H and O–H groups in total. The number of hydrogen-bond donors (Lipinski definition) is 1. The molecule has 0 radical (unpaired) electrons. The van der Waals surface area contributed by atoms with Crippen LogP contribution in [0.15, 0.2) is 34.4 Å². The summed E-state index contributed by atoms with van der Waals surface area (Å²) in [4.78, 5) is 37.6. The van der Waals surface area contributed by atoms with Crippen LogP contribution < -0.4 is 19.5 Å². The molecule has 0 saturated carbocycles. The van der Waals surface area contributed by atoms with Crippen LogP contribution in [0, 0.1) is 0 Å². The molecule has 32 heavy (non-hydrogen) atoms. The van der Waals surface area contributed by atoms with E-state index in [1.165, 1.54) is 39.5 Å². The van der Waals surface area contributed by atoms with Gasteiger partial charge in [0.15, 0.2) is 11.5 Å². The number of nitrogens with zero attached hydrogens (tertiary/aromatic N) is 1. The van der Waals surface area contributed by atoms with Crippen LogP contribution in [-0.4, -0.2) is 50.2 Å². The molecule has 1 aliphatic rings. The van der Waals surface area contributed by atoms with Crippen molar-refractivity contribution in [3.8, 4) is 17.2 Å². The molecule has 0 bridgehead atoms. The summed E-state index contributed by atoms with van der Waals surface area (Å²) in [5, 5.41) is 2.54. The number of urea groups is 1. The summed E-state index contributed by atoms with van der Waals surface area (Å²) in [6.07, 6.45) is 1.40. The second-order valence-corrected chi connectivity index (χ2v) is 7.06. The van der Waals surface area contributed by atoms with Crippen LogP contribution in [0.1, 0.15) is 35.7 Å². The van der Waals surface area contributed by atoms with Crippen molar-refractivity contribution in [3.05, 3.63) is 47.0 Å².